The molecule has 0 heterocycles. The number of rotatable bonds is 11. The predicted octanol–water partition coefficient (Wildman–Crippen LogP) is 6.59. The van der Waals surface area contributed by atoms with Crippen LogP contribution in [0, 0.1) is 0 Å². The fourth-order valence-corrected chi connectivity index (χ4v) is 18.8. The summed E-state index contributed by atoms with van der Waals surface area (Å²) in [4.78, 5) is -1.85. The second kappa shape index (κ2) is 10.5. The summed E-state index contributed by atoms with van der Waals surface area (Å²) < 4.78 is 0. The van der Waals surface area contributed by atoms with E-state index < -0.39 is 11.9 Å². The molecule has 0 radical (unpaired) electrons. The van der Waals surface area contributed by atoms with Crippen LogP contribution >= 0.6 is 11.9 Å². The van der Waals surface area contributed by atoms with E-state index in [0.717, 1.165) is 0 Å². The lowest BCUT2D eigenvalue weighted by Gasteiger charge is -2.43. The third-order valence-electron chi connectivity index (χ3n) is 4.42. The number of hydrogen-bond acceptors (Lipinski definition) is 2. The molecular formula is C18H32P2S2. The SMILES string of the molecule is CCCC[P+](CCCC)(CCCC)P(=S)([S-])c1ccccc1. The molecule has 0 saturated heterocycles. The van der Waals surface area contributed by atoms with Gasteiger partial charge < -0.3 is 12.2 Å². The minimum Gasteiger partial charge on any atom is -0.702 e. The zero-order chi connectivity index (χ0) is 16.5. The Morgan fingerprint density at radius 2 is 1.27 bits per heavy atom. The van der Waals surface area contributed by atoms with E-state index in [4.69, 9.17) is 24.1 Å². The summed E-state index contributed by atoms with van der Waals surface area (Å²) in [6.45, 7) is 5.66. The molecule has 0 amide bonds. The molecule has 0 saturated carbocycles. The van der Waals surface area contributed by atoms with Crippen LogP contribution in [0.2, 0.25) is 0 Å². The number of unbranched alkanes of at least 4 members (excludes halogenated alkanes) is 3. The highest BCUT2D eigenvalue weighted by Gasteiger charge is 2.42. The minimum atomic E-state index is -1.85. The van der Waals surface area contributed by atoms with Crippen LogP contribution in [-0.2, 0) is 24.1 Å². The molecule has 1 aromatic rings. The van der Waals surface area contributed by atoms with E-state index in [0.29, 0.717) is 0 Å². The molecule has 1 aromatic carbocycles. The Morgan fingerprint density at radius 3 is 1.64 bits per heavy atom. The molecule has 1 atom stereocenters. The third-order valence-corrected chi connectivity index (χ3v) is 23.3. The van der Waals surface area contributed by atoms with Crippen molar-refractivity contribution in [1.29, 1.82) is 0 Å². The molecular weight excluding hydrogens is 342 g/mol. The van der Waals surface area contributed by atoms with E-state index in [1.165, 1.54) is 62.3 Å². The molecule has 1 rings (SSSR count). The molecule has 0 fully saturated rings. The Bertz CT molecular complexity index is 438. The van der Waals surface area contributed by atoms with Crippen LogP contribution in [0.1, 0.15) is 59.3 Å². The molecule has 0 spiro atoms. The van der Waals surface area contributed by atoms with Gasteiger partial charge in [0, 0.05) is 6.95 Å². The van der Waals surface area contributed by atoms with Gasteiger partial charge in [0.25, 0.3) is 0 Å². The summed E-state index contributed by atoms with van der Waals surface area (Å²) in [6, 6.07) is 10.8. The molecule has 126 valence electrons. The van der Waals surface area contributed by atoms with Gasteiger partial charge in [0.2, 0.25) is 0 Å². The van der Waals surface area contributed by atoms with Crippen LogP contribution in [0.15, 0.2) is 30.3 Å². The highest BCUT2D eigenvalue weighted by Crippen LogP contribution is 2.88. The molecule has 0 aliphatic carbocycles. The zero-order valence-corrected chi connectivity index (χ0v) is 17.9. The Kier molecular flexibility index (Phi) is 9.88. The quantitative estimate of drug-likeness (QED) is 0.317. The van der Waals surface area contributed by atoms with Crippen molar-refractivity contribution in [2.75, 3.05) is 18.5 Å². The Morgan fingerprint density at radius 1 is 0.864 bits per heavy atom. The highest BCUT2D eigenvalue weighted by molar-refractivity contribution is 8.85. The van der Waals surface area contributed by atoms with Crippen LogP contribution < -0.4 is 5.30 Å². The van der Waals surface area contributed by atoms with Crippen molar-refractivity contribution < 1.29 is 0 Å². The predicted molar refractivity (Wildman–Crippen MR) is 114 cm³/mol. The standard InChI is InChI=1S/C18H32P2S2/c1-4-7-15-19(16-8-5-2,17-9-6-3)20(21,22)18-13-11-10-12-14-18/h10-14H,4-9,15-17H2,1-3H3. The zero-order valence-electron chi connectivity index (χ0n) is 14.5. The second-order valence-electron chi connectivity index (χ2n) is 6.18. The fraction of sp³-hybridized carbons (Fsp3) is 0.667. The van der Waals surface area contributed by atoms with E-state index in [1.807, 2.05) is 0 Å². The van der Waals surface area contributed by atoms with Crippen molar-refractivity contribution in [3.8, 4) is 0 Å². The van der Waals surface area contributed by atoms with Crippen LogP contribution in [0.25, 0.3) is 0 Å². The van der Waals surface area contributed by atoms with Gasteiger partial charge in [-0.15, -0.1) is 0 Å². The van der Waals surface area contributed by atoms with E-state index >= 15 is 0 Å². The van der Waals surface area contributed by atoms with Crippen LogP contribution in [0.4, 0.5) is 0 Å². The lowest BCUT2D eigenvalue weighted by atomic mass is 10.4. The minimum absolute atomic E-state index is 1.23. The smallest absolute Gasteiger partial charge is 0.0608 e. The lowest BCUT2D eigenvalue weighted by molar-refractivity contribution is 0.844. The topological polar surface area (TPSA) is 0 Å². The molecule has 0 aliphatic rings. The third kappa shape index (κ3) is 5.34. The van der Waals surface area contributed by atoms with Gasteiger partial charge in [0.05, 0.1) is 18.5 Å². The Labute approximate surface area is 149 Å². The fourth-order valence-electron chi connectivity index (χ4n) is 2.95. The van der Waals surface area contributed by atoms with Crippen LogP contribution in [0.3, 0.4) is 0 Å². The van der Waals surface area contributed by atoms with E-state index in [2.05, 4.69) is 51.1 Å². The Hall–Kier alpha value is 0.650. The van der Waals surface area contributed by atoms with Crippen molar-refractivity contribution in [3.05, 3.63) is 30.3 Å². The van der Waals surface area contributed by atoms with Gasteiger partial charge in [-0.1, -0.05) is 82.2 Å². The van der Waals surface area contributed by atoms with Gasteiger partial charge in [-0.25, -0.2) is 0 Å². The molecule has 0 bridgehead atoms. The normalized spacial score (nSPS) is 14.7. The maximum Gasteiger partial charge on any atom is 0.0608 e. The first-order chi connectivity index (χ1) is 10.5. The molecule has 0 nitrogen and oxygen atoms in total. The molecule has 0 aromatic heterocycles. The van der Waals surface area contributed by atoms with Crippen LogP contribution in [0.5, 0.6) is 0 Å². The monoisotopic (exact) mass is 374 g/mol. The summed E-state index contributed by atoms with van der Waals surface area (Å²) in [5, 5.41) is 1.32. The first-order valence-electron chi connectivity index (χ1n) is 8.77. The first kappa shape index (κ1) is 20.7. The lowest BCUT2D eigenvalue weighted by Crippen LogP contribution is -2.15. The average molecular weight is 375 g/mol. The maximum absolute atomic E-state index is 6.26. The average Bonchev–Trinajstić information content (AvgIpc) is 2.55. The molecule has 1 unspecified atom stereocenters. The van der Waals surface area contributed by atoms with Crippen molar-refractivity contribution in [3.63, 3.8) is 0 Å². The largest absolute Gasteiger partial charge is 0.702 e. The molecule has 0 aliphatic heterocycles. The summed E-state index contributed by atoms with van der Waals surface area (Å²) in [6.07, 6.45) is 11.7. The molecule has 4 heteroatoms. The van der Waals surface area contributed by atoms with Gasteiger partial charge >= 0.3 is 0 Å². The highest BCUT2D eigenvalue weighted by atomic mass is 33.1. The van der Waals surface area contributed by atoms with E-state index in [9.17, 15) is 0 Å². The van der Waals surface area contributed by atoms with Crippen molar-refractivity contribution in [2.45, 2.75) is 59.3 Å². The van der Waals surface area contributed by atoms with Crippen molar-refractivity contribution in [1.82, 2.24) is 0 Å². The molecule has 0 N–H and O–H groups in total. The van der Waals surface area contributed by atoms with Gasteiger partial charge in [0.15, 0.2) is 0 Å². The van der Waals surface area contributed by atoms with Gasteiger partial charge in [-0.3, -0.25) is 0 Å². The number of benzene rings is 1. The second-order valence-corrected chi connectivity index (χ2v) is 21.2. The summed E-state index contributed by atoms with van der Waals surface area (Å²) in [5.74, 6) is 0. The summed E-state index contributed by atoms with van der Waals surface area (Å²) >= 11 is 12.5. The first-order valence-corrected chi connectivity index (χ1v) is 15.6. The Balaban J connectivity index is 3.21. The summed E-state index contributed by atoms with van der Waals surface area (Å²) in [7, 11) is 0. The maximum atomic E-state index is 6.26. The van der Waals surface area contributed by atoms with E-state index in [-0.39, 0.29) is 0 Å². The van der Waals surface area contributed by atoms with Crippen molar-refractivity contribution in [2.24, 2.45) is 0 Å². The van der Waals surface area contributed by atoms with Gasteiger partial charge in [-0.05, 0) is 29.5 Å². The summed E-state index contributed by atoms with van der Waals surface area (Å²) in [5.41, 5.74) is 0. The van der Waals surface area contributed by atoms with Gasteiger partial charge in [0.1, 0.15) is 0 Å². The van der Waals surface area contributed by atoms with Crippen molar-refractivity contribution >= 4 is 41.2 Å². The molecule has 22 heavy (non-hydrogen) atoms. The number of hydrogen-bond donors (Lipinski definition) is 0. The van der Waals surface area contributed by atoms with E-state index in [1.54, 1.807) is 0 Å². The van der Waals surface area contributed by atoms with Crippen LogP contribution in [-0.4, -0.2) is 18.5 Å². The van der Waals surface area contributed by atoms with Gasteiger partial charge in [-0.2, -0.15) is 0 Å².